The molecule has 18 heavy (non-hydrogen) atoms. The number of nitrogens with two attached hydrogens (primary N) is 1. The zero-order valence-corrected chi connectivity index (χ0v) is 11.5. The third-order valence-electron chi connectivity index (χ3n) is 2.90. The van der Waals surface area contributed by atoms with Crippen LogP contribution in [0, 0.1) is 0 Å². The standard InChI is InChI=1S/C15H15Cl2N/c16-13-8-12(9-14(17)10-13)15(18)7-6-11-4-2-1-3-5-11/h1-5,8-10,15H,6-7,18H2. The van der Waals surface area contributed by atoms with E-state index in [1.165, 1.54) is 5.56 Å². The molecule has 0 amide bonds. The molecule has 3 heteroatoms. The Balaban J connectivity index is 2.01. The summed E-state index contributed by atoms with van der Waals surface area (Å²) in [7, 11) is 0. The predicted molar refractivity (Wildman–Crippen MR) is 78.2 cm³/mol. The van der Waals surface area contributed by atoms with Gasteiger partial charge in [-0.05, 0) is 42.2 Å². The average molecular weight is 280 g/mol. The minimum atomic E-state index is -0.0404. The quantitative estimate of drug-likeness (QED) is 0.868. The molecular formula is C15H15Cl2N. The van der Waals surface area contributed by atoms with Gasteiger partial charge in [0.2, 0.25) is 0 Å². The van der Waals surface area contributed by atoms with E-state index in [0.29, 0.717) is 10.0 Å². The third kappa shape index (κ3) is 3.74. The molecule has 0 fully saturated rings. The van der Waals surface area contributed by atoms with Crippen LogP contribution in [0.4, 0.5) is 0 Å². The monoisotopic (exact) mass is 279 g/mol. The van der Waals surface area contributed by atoms with Gasteiger partial charge in [0.15, 0.2) is 0 Å². The number of hydrogen-bond donors (Lipinski definition) is 1. The Labute approximate surface area is 118 Å². The van der Waals surface area contributed by atoms with Crippen molar-refractivity contribution in [3.8, 4) is 0 Å². The predicted octanol–water partition coefficient (Wildman–Crippen LogP) is 4.63. The normalized spacial score (nSPS) is 12.4. The summed E-state index contributed by atoms with van der Waals surface area (Å²) in [5.41, 5.74) is 8.45. The van der Waals surface area contributed by atoms with Crippen LogP contribution in [0.15, 0.2) is 48.5 Å². The Bertz CT molecular complexity index is 491. The van der Waals surface area contributed by atoms with Crippen LogP contribution in [0.2, 0.25) is 10.0 Å². The van der Waals surface area contributed by atoms with Crippen LogP contribution in [0.1, 0.15) is 23.6 Å². The van der Waals surface area contributed by atoms with Gasteiger partial charge in [-0.1, -0.05) is 53.5 Å². The van der Waals surface area contributed by atoms with Crippen LogP contribution in [-0.2, 0) is 6.42 Å². The minimum Gasteiger partial charge on any atom is -0.324 e. The highest BCUT2D eigenvalue weighted by Crippen LogP contribution is 2.24. The largest absolute Gasteiger partial charge is 0.324 e. The van der Waals surface area contributed by atoms with Gasteiger partial charge in [0.25, 0.3) is 0 Å². The summed E-state index contributed by atoms with van der Waals surface area (Å²) in [6, 6.07) is 15.7. The number of halogens is 2. The Morgan fingerprint density at radius 3 is 2.17 bits per heavy atom. The van der Waals surface area contributed by atoms with Crippen molar-refractivity contribution >= 4 is 23.2 Å². The SMILES string of the molecule is NC(CCc1ccccc1)c1cc(Cl)cc(Cl)c1. The second kappa shape index (κ2) is 6.24. The smallest absolute Gasteiger partial charge is 0.0424 e. The summed E-state index contributed by atoms with van der Waals surface area (Å²) in [5, 5.41) is 1.26. The van der Waals surface area contributed by atoms with Gasteiger partial charge in [0.05, 0.1) is 0 Å². The number of rotatable bonds is 4. The van der Waals surface area contributed by atoms with Crippen LogP contribution in [-0.4, -0.2) is 0 Å². The van der Waals surface area contributed by atoms with Crippen molar-refractivity contribution in [2.75, 3.05) is 0 Å². The fourth-order valence-electron chi connectivity index (χ4n) is 1.92. The molecule has 0 radical (unpaired) electrons. The molecule has 2 rings (SSSR count). The Kier molecular flexibility index (Phi) is 4.65. The highest BCUT2D eigenvalue weighted by molar-refractivity contribution is 6.34. The van der Waals surface area contributed by atoms with E-state index in [2.05, 4.69) is 12.1 Å². The zero-order chi connectivity index (χ0) is 13.0. The van der Waals surface area contributed by atoms with Gasteiger partial charge < -0.3 is 5.73 Å². The number of aryl methyl sites for hydroxylation is 1. The van der Waals surface area contributed by atoms with Gasteiger partial charge in [0.1, 0.15) is 0 Å². The summed E-state index contributed by atoms with van der Waals surface area (Å²) in [5.74, 6) is 0. The van der Waals surface area contributed by atoms with Gasteiger partial charge in [-0.2, -0.15) is 0 Å². The molecule has 2 N–H and O–H groups in total. The maximum Gasteiger partial charge on any atom is 0.0424 e. The summed E-state index contributed by atoms with van der Waals surface area (Å²) >= 11 is 11.9. The summed E-state index contributed by atoms with van der Waals surface area (Å²) < 4.78 is 0. The fourth-order valence-corrected chi connectivity index (χ4v) is 2.47. The molecule has 0 aliphatic heterocycles. The van der Waals surface area contributed by atoms with Crippen molar-refractivity contribution < 1.29 is 0 Å². The highest BCUT2D eigenvalue weighted by Gasteiger charge is 2.08. The average Bonchev–Trinajstić information content (AvgIpc) is 2.36. The molecule has 0 saturated carbocycles. The first-order chi connectivity index (χ1) is 8.65. The van der Waals surface area contributed by atoms with Crippen molar-refractivity contribution in [1.29, 1.82) is 0 Å². The lowest BCUT2D eigenvalue weighted by atomic mass is 10.00. The third-order valence-corrected chi connectivity index (χ3v) is 3.34. The van der Waals surface area contributed by atoms with E-state index < -0.39 is 0 Å². The van der Waals surface area contributed by atoms with Gasteiger partial charge in [-0.25, -0.2) is 0 Å². The van der Waals surface area contributed by atoms with E-state index in [1.807, 2.05) is 30.3 Å². The maximum atomic E-state index is 6.16. The lowest BCUT2D eigenvalue weighted by molar-refractivity contribution is 0.651. The molecular weight excluding hydrogens is 265 g/mol. The first-order valence-electron chi connectivity index (χ1n) is 5.90. The van der Waals surface area contributed by atoms with E-state index in [4.69, 9.17) is 28.9 Å². The van der Waals surface area contributed by atoms with Crippen molar-refractivity contribution in [2.24, 2.45) is 5.73 Å². The Morgan fingerprint density at radius 1 is 0.944 bits per heavy atom. The van der Waals surface area contributed by atoms with Gasteiger partial charge in [-0.3, -0.25) is 0 Å². The molecule has 1 atom stereocenters. The molecule has 1 unspecified atom stereocenters. The van der Waals surface area contributed by atoms with E-state index in [9.17, 15) is 0 Å². The number of hydrogen-bond acceptors (Lipinski definition) is 1. The molecule has 0 bridgehead atoms. The van der Waals surface area contributed by atoms with Crippen molar-refractivity contribution in [2.45, 2.75) is 18.9 Å². The molecule has 0 heterocycles. The fraction of sp³-hybridized carbons (Fsp3) is 0.200. The van der Waals surface area contributed by atoms with Crippen LogP contribution < -0.4 is 5.73 Å². The number of benzene rings is 2. The van der Waals surface area contributed by atoms with E-state index in [0.717, 1.165) is 18.4 Å². The van der Waals surface area contributed by atoms with Crippen molar-refractivity contribution in [3.05, 3.63) is 69.7 Å². The van der Waals surface area contributed by atoms with E-state index in [1.54, 1.807) is 6.07 Å². The van der Waals surface area contributed by atoms with E-state index in [-0.39, 0.29) is 6.04 Å². The second-order valence-corrected chi connectivity index (χ2v) is 5.21. The van der Waals surface area contributed by atoms with Gasteiger partial charge >= 0.3 is 0 Å². The first-order valence-corrected chi connectivity index (χ1v) is 6.66. The van der Waals surface area contributed by atoms with Crippen molar-refractivity contribution in [3.63, 3.8) is 0 Å². The van der Waals surface area contributed by atoms with Crippen molar-refractivity contribution in [1.82, 2.24) is 0 Å². The molecule has 2 aromatic rings. The van der Waals surface area contributed by atoms with Crippen LogP contribution in [0.25, 0.3) is 0 Å². The molecule has 0 saturated heterocycles. The second-order valence-electron chi connectivity index (χ2n) is 4.33. The lowest BCUT2D eigenvalue weighted by Gasteiger charge is -2.13. The maximum absolute atomic E-state index is 6.16. The molecule has 0 aliphatic rings. The van der Waals surface area contributed by atoms with Crippen LogP contribution in [0.5, 0.6) is 0 Å². The van der Waals surface area contributed by atoms with Crippen LogP contribution >= 0.6 is 23.2 Å². The Hall–Kier alpha value is -1.02. The van der Waals surface area contributed by atoms with E-state index >= 15 is 0 Å². The molecule has 0 aliphatic carbocycles. The van der Waals surface area contributed by atoms with Gasteiger partial charge in [-0.15, -0.1) is 0 Å². The first kappa shape index (κ1) is 13.4. The highest BCUT2D eigenvalue weighted by atomic mass is 35.5. The zero-order valence-electron chi connectivity index (χ0n) is 9.94. The topological polar surface area (TPSA) is 26.0 Å². The molecule has 2 aromatic carbocycles. The summed E-state index contributed by atoms with van der Waals surface area (Å²) in [4.78, 5) is 0. The lowest BCUT2D eigenvalue weighted by Crippen LogP contribution is -2.11. The van der Waals surface area contributed by atoms with Crippen LogP contribution in [0.3, 0.4) is 0 Å². The summed E-state index contributed by atoms with van der Waals surface area (Å²) in [6.07, 6.45) is 1.83. The molecule has 0 spiro atoms. The van der Waals surface area contributed by atoms with Gasteiger partial charge in [0, 0.05) is 16.1 Å². The minimum absolute atomic E-state index is 0.0404. The Morgan fingerprint density at radius 2 is 1.56 bits per heavy atom. The molecule has 1 nitrogen and oxygen atoms in total. The molecule has 0 aromatic heterocycles. The molecule has 94 valence electrons. The summed E-state index contributed by atoms with van der Waals surface area (Å²) in [6.45, 7) is 0.